The Balaban J connectivity index is -0.000000428. The zero-order valence-electron chi connectivity index (χ0n) is 27.2. The maximum atomic E-state index is 4.24. The first-order valence-electron chi connectivity index (χ1n) is 14.5. The van der Waals surface area contributed by atoms with Crippen molar-refractivity contribution in [1.29, 1.82) is 0 Å². The molecule has 0 spiro atoms. The molecule has 4 heteroatoms. The van der Waals surface area contributed by atoms with Crippen molar-refractivity contribution in [2.45, 2.75) is 83.1 Å². The molecule has 0 radical (unpaired) electrons. The third-order valence-corrected chi connectivity index (χ3v) is 4.34. The van der Waals surface area contributed by atoms with Crippen LogP contribution in [0.4, 0.5) is 0 Å². The molecule has 0 N–H and O–H groups in total. The van der Waals surface area contributed by atoms with Crippen LogP contribution in [0.3, 0.4) is 0 Å². The quantitative estimate of drug-likeness (QED) is 0.195. The first-order chi connectivity index (χ1) is 19.6. The Bertz CT molecular complexity index is 1050. The molecule has 1 aromatic carbocycles. The van der Waals surface area contributed by atoms with Gasteiger partial charge < -0.3 is 0 Å². The van der Waals surface area contributed by atoms with Gasteiger partial charge in [-0.25, -0.2) is 0 Å². The van der Waals surface area contributed by atoms with E-state index >= 15 is 0 Å². The molecule has 40 heavy (non-hydrogen) atoms. The summed E-state index contributed by atoms with van der Waals surface area (Å²) in [5.41, 5.74) is 5.91. The molecule has 218 valence electrons. The van der Waals surface area contributed by atoms with Gasteiger partial charge in [0.1, 0.15) is 0 Å². The van der Waals surface area contributed by atoms with Gasteiger partial charge in [0, 0.05) is 48.3 Å². The summed E-state index contributed by atoms with van der Waals surface area (Å²) in [7, 11) is 0. The van der Waals surface area contributed by atoms with Crippen molar-refractivity contribution in [3.63, 3.8) is 0 Å². The highest BCUT2D eigenvalue weighted by atomic mass is 14.6. The number of aromatic nitrogens is 4. The van der Waals surface area contributed by atoms with Crippen LogP contribution in [-0.2, 0) is 0 Å². The predicted molar refractivity (Wildman–Crippen MR) is 179 cm³/mol. The number of aryl methyl sites for hydroxylation is 4. The van der Waals surface area contributed by atoms with Gasteiger partial charge in [0.05, 0.1) is 5.52 Å². The summed E-state index contributed by atoms with van der Waals surface area (Å²) in [4.78, 5) is 16.0. The van der Waals surface area contributed by atoms with Crippen molar-refractivity contribution < 1.29 is 0 Å². The Hall–Kier alpha value is -3.92. The largest absolute Gasteiger partial charge is 0.265 e. The van der Waals surface area contributed by atoms with Crippen molar-refractivity contribution >= 4 is 10.9 Å². The number of hydrogen-bond donors (Lipinski definition) is 0. The summed E-state index contributed by atoms with van der Waals surface area (Å²) in [5, 5.41) is 1.25. The van der Waals surface area contributed by atoms with E-state index in [0.29, 0.717) is 0 Å². The predicted octanol–water partition coefficient (Wildman–Crippen LogP) is 10.8. The highest BCUT2D eigenvalue weighted by Crippen LogP contribution is 2.13. The van der Waals surface area contributed by atoms with Gasteiger partial charge in [-0.2, -0.15) is 0 Å². The lowest BCUT2D eigenvalue weighted by molar-refractivity contribution is 1.20. The molecule has 0 aliphatic rings. The van der Waals surface area contributed by atoms with Crippen LogP contribution in [0.15, 0.2) is 110 Å². The van der Waals surface area contributed by atoms with Crippen molar-refractivity contribution in [2.75, 3.05) is 0 Å². The second-order valence-corrected chi connectivity index (χ2v) is 7.17. The lowest BCUT2D eigenvalue weighted by atomic mass is 10.1. The van der Waals surface area contributed by atoms with Gasteiger partial charge in [0.25, 0.3) is 0 Å². The maximum absolute atomic E-state index is 4.24. The van der Waals surface area contributed by atoms with E-state index in [2.05, 4.69) is 32.9 Å². The first kappa shape index (κ1) is 40.6. The normalized spacial score (nSPS) is 8.00. The van der Waals surface area contributed by atoms with Crippen molar-refractivity contribution in [3.05, 3.63) is 132 Å². The highest BCUT2D eigenvalue weighted by Gasteiger charge is 1.93. The fourth-order valence-corrected chi connectivity index (χ4v) is 2.56. The zero-order chi connectivity index (χ0) is 31.0. The van der Waals surface area contributed by atoms with Gasteiger partial charge in [-0.3, -0.25) is 19.9 Å². The van der Waals surface area contributed by atoms with Crippen LogP contribution >= 0.6 is 0 Å². The van der Waals surface area contributed by atoms with Gasteiger partial charge in [-0.15, -0.1) is 0 Å². The molecule has 5 aromatic rings. The number of hydrogen-bond acceptors (Lipinski definition) is 4. The van der Waals surface area contributed by atoms with Crippen LogP contribution in [-0.4, -0.2) is 19.9 Å². The molecule has 0 saturated carbocycles. The monoisotopic (exact) mass is 542 g/mol. The SMILES string of the molecule is CC.CC.CC.CC.Cc1ccccn1.Cc1cccnc1.Cc1ccnc2ccccc12.Cc1ccncc1. The maximum Gasteiger partial charge on any atom is 0.0704 e. The Kier molecular flexibility index (Phi) is 31.7. The average Bonchev–Trinajstić information content (AvgIpc) is 3.04. The van der Waals surface area contributed by atoms with Crippen LogP contribution in [0.25, 0.3) is 10.9 Å². The van der Waals surface area contributed by atoms with Crippen LogP contribution in [0.2, 0.25) is 0 Å². The Morgan fingerprint density at radius 2 is 1.02 bits per heavy atom. The molecule has 4 nitrogen and oxygen atoms in total. The van der Waals surface area contributed by atoms with Crippen LogP contribution in [0.5, 0.6) is 0 Å². The van der Waals surface area contributed by atoms with E-state index in [9.17, 15) is 0 Å². The van der Waals surface area contributed by atoms with Gasteiger partial charge in [-0.1, -0.05) is 85.7 Å². The van der Waals surface area contributed by atoms with Gasteiger partial charge in [0.15, 0.2) is 0 Å². The lowest BCUT2D eigenvalue weighted by Gasteiger charge is -1.97. The first-order valence-corrected chi connectivity index (χ1v) is 14.5. The van der Waals surface area contributed by atoms with Crippen LogP contribution in [0.1, 0.15) is 77.8 Å². The van der Waals surface area contributed by atoms with E-state index < -0.39 is 0 Å². The molecule has 0 unspecified atom stereocenters. The molecule has 0 aliphatic heterocycles. The molecule has 0 fully saturated rings. The van der Waals surface area contributed by atoms with Gasteiger partial charge in [-0.05, 0) is 86.8 Å². The molecule has 4 heterocycles. The number of pyridine rings is 4. The van der Waals surface area contributed by atoms with Crippen LogP contribution < -0.4 is 0 Å². The topological polar surface area (TPSA) is 51.6 Å². The number of fused-ring (bicyclic) bond motifs is 1. The third kappa shape index (κ3) is 22.1. The number of nitrogens with zero attached hydrogens (tertiary/aromatic N) is 4. The molecular weight excluding hydrogens is 488 g/mol. The van der Waals surface area contributed by atoms with E-state index in [-0.39, 0.29) is 0 Å². The van der Waals surface area contributed by atoms with Crippen molar-refractivity contribution in [2.24, 2.45) is 0 Å². The number of benzene rings is 1. The van der Waals surface area contributed by atoms with Gasteiger partial charge in [0.2, 0.25) is 0 Å². The van der Waals surface area contributed by atoms with E-state index in [0.717, 1.165) is 11.2 Å². The molecule has 0 bridgehead atoms. The molecular formula is C36H54N4. The molecule has 0 atom stereocenters. The highest BCUT2D eigenvalue weighted by molar-refractivity contribution is 5.81. The molecule has 0 amide bonds. The minimum absolute atomic E-state index is 1.07. The fraction of sp³-hybridized carbons (Fsp3) is 0.333. The van der Waals surface area contributed by atoms with Crippen molar-refractivity contribution in [3.8, 4) is 0 Å². The van der Waals surface area contributed by atoms with Crippen molar-refractivity contribution in [1.82, 2.24) is 19.9 Å². The van der Waals surface area contributed by atoms with E-state index in [1.807, 2.05) is 155 Å². The smallest absolute Gasteiger partial charge is 0.0704 e. The Morgan fingerprint density at radius 1 is 0.425 bits per heavy atom. The standard InChI is InChI=1S/C10H9N.3C6H7N.4C2H6/c1-8-6-7-11-10-5-3-2-4-9(8)10;1-6-2-4-7-5-3-6;1-6-3-2-4-7-5-6;1-6-4-2-3-5-7-6;4*1-2/h2-7H,1H3;3*2-5H,1H3;4*1-2H3. The average molecular weight is 543 g/mol. The molecule has 4 aromatic heterocycles. The number of rotatable bonds is 0. The van der Waals surface area contributed by atoms with E-state index in [1.54, 1.807) is 24.8 Å². The van der Waals surface area contributed by atoms with Gasteiger partial charge >= 0.3 is 0 Å². The summed E-state index contributed by atoms with van der Waals surface area (Å²) in [6, 6.07) is 24.0. The summed E-state index contributed by atoms with van der Waals surface area (Å²) < 4.78 is 0. The summed E-state index contributed by atoms with van der Waals surface area (Å²) in [5.74, 6) is 0. The second kappa shape index (κ2) is 31.3. The zero-order valence-corrected chi connectivity index (χ0v) is 27.2. The second-order valence-electron chi connectivity index (χ2n) is 7.17. The summed E-state index contributed by atoms with van der Waals surface area (Å²) in [6.07, 6.45) is 10.8. The molecule has 5 rings (SSSR count). The lowest BCUT2D eigenvalue weighted by Crippen LogP contribution is -1.79. The van der Waals surface area contributed by atoms with E-state index in [1.165, 1.54) is 22.1 Å². The minimum atomic E-state index is 1.07. The molecule has 0 aliphatic carbocycles. The summed E-state index contributed by atoms with van der Waals surface area (Å²) >= 11 is 0. The Labute approximate surface area is 246 Å². The molecule has 0 saturated heterocycles. The minimum Gasteiger partial charge on any atom is -0.265 e. The van der Waals surface area contributed by atoms with E-state index in [4.69, 9.17) is 0 Å². The fourth-order valence-electron chi connectivity index (χ4n) is 2.56. The summed E-state index contributed by atoms with van der Waals surface area (Å²) in [6.45, 7) is 24.1. The van der Waals surface area contributed by atoms with Crippen LogP contribution in [0, 0.1) is 27.7 Å². The number of para-hydroxylation sites is 1. The Morgan fingerprint density at radius 3 is 1.40 bits per heavy atom. The third-order valence-electron chi connectivity index (χ3n) is 4.34.